The molecule has 1 aliphatic rings. The number of ether oxygens (including phenoxy) is 1. The van der Waals surface area contributed by atoms with Crippen molar-refractivity contribution in [3.05, 3.63) is 0 Å². The normalized spacial score (nSPS) is 24.0. The standard InChI is InChI=1S/C53H93N7O13/c1-30(2)20-18-16-14-13-15-17-19-21-36-28-43(61)54-37(22-23-44(62)63)47(66)55-38(24-31(3)4)48(67)57-40(26-33(7)8)51(70)60-46(35(11)12)52(71)58-41(29-45(64)65)50(69)56-39(25-32(5)6)49(68)59-42(27-34(9)10)53(72)73-36/h30-42,46H,13-29H2,1-12H3,(H,54,61)(H,55,66)(H,56,69)(H,57,67)(H,58,71)(H,59,68)(H,60,70)(H,62,63)(H,64,65)/t36-,37+,38+,39-,40-,41+,42+,46?/m1/s1. The Morgan fingerprint density at radius 1 is 0.452 bits per heavy atom. The van der Waals surface area contributed by atoms with Crippen molar-refractivity contribution in [3.63, 3.8) is 0 Å². The highest BCUT2D eigenvalue weighted by Gasteiger charge is 2.37. The molecule has 1 fully saturated rings. The maximum Gasteiger partial charge on any atom is 0.328 e. The van der Waals surface area contributed by atoms with E-state index in [1.807, 2.05) is 13.8 Å². The van der Waals surface area contributed by atoms with Gasteiger partial charge in [0.2, 0.25) is 41.4 Å². The number of cyclic esters (lactones) is 1. The zero-order valence-electron chi connectivity index (χ0n) is 46.0. The lowest BCUT2D eigenvalue weighted by Crippen LogP contribution is -2.61. The Morgan fingerprint density at radius 2 is 0.849 bits per heavy atom. The highest BCUT2D eigenvalue weighted by molar-refractivity contribution is 5.98. The van der Waals surface area contributed by atoms with E-state index in [9.17, 15) is 58.2 Å². The Hall–Kier alpha value is -5.30. The van der Waals surface area contributed by atoms with Crippen LogP contribution in [0.25, 0.3) is 0 Å². The maximum absolute atomic E-state index is 14.2. The largest absolute Gasteiger partial charge is 0.481 e. The van der Waals surface area contributed by atoms with Crippen LogP contribution in [0.1, 0.15) is 192 Å². The average Bonchev–Trinajstić information content (AvgIpc) is 3.26. The summed E-state index contributed by atoms with van der Waals surface area (Å²) < 4.78 is 6.04. The first-order chi connectivity index (χ1) is 34.1. The molecule has 8 atom stereocenters. The number of carbonyl (C=O) groups excluding carboxylic acids is 8. The van der Waals surface area contributed by atoms with Crippen LogP contribution in [0.4, 0.5) is 0 Å². The Balaban J connectivity index is 3.95. The summed E-state index contributed by atoms with van der Waals surface area (Å²) in [4.78, 5) is 137. The van der Waals surface area contributed by atoms with Gasteiger partial charge >= 0.3 is 17.9 Å². The predicted molar refractivity (Wildman–Crippen MR) is 276 cm³/mol. The summed E-state index contributed by atoms with van der Waals surface area (Å²) in [5.74, 6) is -10.1. The van der Waals surface area contributed by atoms with E-state index in [1.54, 1.807) is 55.4 Å². The predicted octanol–water partition coefficient (Wildman–Crippen LogP) is 5.04. The third-order valence-electron chi connectivity index (χ3n) is 12.4. The van der Waals surface area contributed by atoms with Crippen molar-refractivity contribution in [2.75, 3.05) is 0 Å². The lowest BCUT2D eigenvalue weighted by Gasteiger charge is -2.29. The van der Waals surface area contributed by atoms with Gasteiger partial charge in [-0.25, -0.2) is 4.79 Å². The quantitative estimate of drug-likeness (QED) is 0.0453. The molecule has 1 saturated heterocycles. The van der Waals surface area contributed by atoms with Crippen LogP contribution in [0, 0.1) is 35.5 Å². The van der Waals surface area contributed by atoms with Crippen molar-refractivity contribution in [2.45, 2.75) is 241 Å². The van der Waals surface area contributed by atoms with Gasteiger partial charge in [-0.15, -0.1) is 0 Å². The molecule has 0 spiro atoms. The minimum Gasteiger partial charge on any atom is -0.481 e. The zero-order chi connectivity index (χ0) is 55.5. The highest BCUT2D eigenvalue weighted by atomic mass is 16.5. The van der Waals surface area contributed by atoms with E-state index in [0.29, 0.717) is 12.3 Å². The number of esters is 1. The van der Waals surface area contributed by atoms with Crippen molar-refractivity contribution < 1.29 is 62.9 Å². The summed E-state index contributed by atoms with van der Waals surface area (Å²) in [6, 6.07) is -9.64. The lowest BCUT2D eigenvalue weighted by atomic mass is 9.98. The SMILES string of the molecule is CC(C)CCCCCCCCC[C@@H]1CC(=O)N[C@@H](CCC(=O)O)C(=O)N[C@@H](CC(C)C)C(=O)N[C@H](CC(C)C)C(=O)NC(C(C)C)C(=O)N[C@@H](CC(=O)O)C(=O)N[C@H](CC(C)C)C(=O)N[C@@H](CC(C)C)C(=O)O1. The van der Waals surface area contributed by atoms with E-state index >= 15 is 0 Å². The molecule has 1 rings (SSSR count). The van der Waals surface area contributed by atoms with Crippen molar-refractivity contribution in [2.24, 2.45) is 35.5 Å². The molecular formula is C53H93N7O13. The molecule has 0 aliphatic carbocycles. The second kappa shape index (κ2) is 34.2. The van der Waals surface area contributed by atoms with Crippen LogP contribution in [0.3, 0.4) is 0 Å². The molecule has 20 nitrogen and oxygen atoms in total. The van der Waals surface area contributed by atoms with Crippen LogP contribution >= 0.6 is 0 Å². The molecule has 0 saturated carbocycles. The third-order valence-corrected chi connectivity index (χ3v) is 12.4. The average molecular weight is 1040 g/mol. The van der Waals surface area contributed by atoms with E-state index in [0.717, 1.165) is 44.9 Å². The Bertz CT molecular complexity index is 1800. The fourth-order valence-corrected chi connectivity index (χ4v) is 8.57. The smallest absolute Gasteiger partial charge is 0.328 e. The monoisotopic (exact) mass is 1040 g/mol. The van der Waals surface area contributed by atoms with Crippen molar-refractivity contribution in [1.29, 1.82) is 0 Å². The Labute approximate surface area is 434 Å². The summed E-state index contributed by atoms with van der Waals surface area (Å²) in [6.45, 7) is 22.0. The molecule has 0 aromatic rings. The second-order valence-electron chi connectivity index (χ2n) is 22.4. The maximum atomic E-state index is 14.2. The van der Waals surface area contributed by atoms with Crippen LogP contribution in [-0.4, -0.2) is 118 Å². The van der Waals surface area contributed by atoms with Gasteiger partial charge in [0.1, 0.15) is 48.4 Å². The number of aliphatic carboxylic acids is 2. The number of amides is 7. The van der Waals surface area contributed by atoms with Gasteiger partial charge in [-0.2, -0.15) is 0 Å². The van der Waals surface area contributed by atoms with Crippen molar-refractivity contribution in [1.82, 2.24) is 37.2 Å². The number of rotatable bonds is 24. The van der Waals surface area contributed by atoms with Crippen LogP contribution in [-0.2, 0) is 52.7 Å². The summed E-state index contributed by atoms with van der Waals surface area (Å²) in [5.41, 5.74) is 0. The molecule has 418 valence electrons. The summed E-state index contributed by atoms with van der Waals surface area (Å²) >= 11 is 0. The number of carboxylic acid groups (broad SMARTS) is 2. The molecule has 1 heterocycles. The third kappa shape index (κ3) is 28.1. The Morgan fingerprint density at radius 3 is 1.29 bits per heavy atom. The molecule has 0 bridgehead atoms. The lowest BCUT2D eigenvalue weighted by molar-refractivity contribution is -0.155. The zero-order valence-corrected chi connectivity index (χ0v) is 46.0. The molecule has 1 aliphatic heterocycles. The summed E-state index contributed by atoms with van der Waals surface area (Å²) in [7, 11) is 0. The second-order valence-corrected chi connectivity index (χ2v) is 22.4. The summed E-state index contributed by atoms with van der Waals surface area (Å²) in [6.07, 6.45) is 5.02. The van der Waals surface area contributed by atoms with E-state index in [-0.39, 0.29) is 62.2 Å². The van der Waals surface area contributed by atoms with Crippen LogP contribution in [0.2, 0.25) is 0 Å². The van der Waals surface area contributed by atoms with E-state index < -0.39 is 133 Å². The van der Waals surface area contributed by atoms with Gasteiger partial charge in [0.05, 0.1) is 12.8 Å². The van der Waals surface area contributed by atoms with Crippen molar-refractivity contribution in [3.8, 4) is 0 Å². The highest BCUT2D eigenvalue weighted by Crippen LogP contribution is 2.19. The minimum absolute atomic E-state index is 0.0393. The molecular weight excluding hydrogens is 943 g/mol. The molecule has 20 heteroatoms. The van der Waals surface area contributed by atoms with E-state index in [2.05, 4.69) is 51.1 Å². The van der Waals surface area contributed by atoms with Gasteiger partial charge in [0, 0.05) is 6.42 Å². The summed E-state index contributed by atoms with van der Waals surface area (Å²) in [5, 5.41) is 37.9. The number of hydrogen-bond acceptors (Lipinski definition) is 11. The van der Waals surface area contributed by atoms with Crippen LogP contribution < -0.4 is 37.2 Å². The van der Waals surface area contributed by atoms with Gasteiger partial charge in [0.15, 0.2) is 0 Å². The molecule has 9 N–H and O–H groups in total. The van der Waals surface area contributed by atoms with Gasteiger partial charge < -0.3 is 52.2 Å². The Kier molecular flexibility index (Phi) is 30.8. The topological polar surface area (TPSA) is 305 Å². The van der Waals surface area contributed by atoms with Gasteiger partial charge in [-0.1, -0.05) is 128 Å². The molecule has 0 aromatic carbocycles. The molecule has 73 heavy (non-hydrogen) atoms. The number of unbranched alkanes of at least 4 members (excludes halogenated alkanes) is 6. The first-order valence-electron chi connectivity index (χ1n) is 26.8. The molecule has 7 amide bonds. The van der Waals surface area contributed by atoms with E-state index in [1.165, 1.54) is 0 Å². The van der Waals surface area contributed by atoms with Gasteiger partial charge in [-0.3, -0.25) is 43.2 Å². The van der Waals surface area contributed by atoms with Crippen LogP contribution in [0.5, 0.6) is 0 Å². The molecule has 0 aromatic heterocycles. The first-order valence-corrected chi connectivity index (χ1v) is 26.8. The number of carbonyl (C=O) groups is 10. The van der Waals surface area contributed by atoms with E-state index in [4.69, 9.17) is 4.74 Å². The van der Waals surface area contributed by atoms with Crippen molar-refractivity contribution >= 4 is 59.3 Å². The molecule has 0 radical (unpaired) electrons. The number of carboxylic acids is 2. The van der Waals surface area contributed by atoms with Crippen LogP contribution in [0.15, 0.2) is 0 Å². The van der Waals surface area contributed by atoms with Gasteiger partial charge in [0.25, 0.3) is 0 Å². The van der Waals surface area contributed by atoms with Gasteiger partial charge in [-0.05, 0) is 80.5 Å². The molecule has 1 unspecified atom stereocenters. The first kappa shape index (κ1) is 65.7. The number of nitrogens with one attached hydrogen (secondary N) is 7. The fraction of sp³-hybridized carbons (Fsp3) is 0.811. The number of hydrogen-bond donors (Lipinski definition) is 9. The minimum atomic E-state index is -1.72. The fourth-order valence-electron chi connectivity index (χ4n) is 8.57.